The number of hydrogen-bond acceptors (Lipinski definition) is 4. The molecule has 0 radical (unpaired) electrons. The highest BCUT2D eigenvalue weighted by atomic mass is 19.4. The fourth-order valence-corrected chi connectivity index (χ4v) is 2.59. The minimum Gasteiger partial charge on any atom is -0.409 e. The molecule has 1 aliphatic rings. The Morgan fingerprint density at radius 2 is 2.14 bits per heavy atom. The van der Waals surface area contributed by atoms with Crippen LogP contribution in [-0.4, -0.2) is 35.3 Å². The number of aliphatic hydroxyl groups excluding tert-OH is 1. The molecule has 0 amide bonds. The quantitative estimate of drug-likeness (QED) is 0.344. The number of benzene rings is 1. The lowest BCUT2D eigenvalue weighted by Gasteiger charge is -2.26. The number of nitrogens with two attached hydrogens (primary N) is 1. The molecule has 8 heteroatoms. The van der Waals surface area contributed by atoms with Crippen molar-refractivity contribution in [1.82, 2.24) is 0 Å². The third-order valence-corrected chi connectivity index (χ3v) is 3.61. The van der Waals surface area contributed by atoms with Crippen LogP contribution in [0.25, 0.3) is 0 Å². The Morgan fingerprint density at radius 3 is 2.71 bits per heavy atom. The van der Waals surface area contributed by atoms with E-state index in [1.165, 1.54) is 12.1 Å². The van der Waals surface area contributed by atoms with Crippen LogP contribution in [0, 0.1) is 0 Å². The van der Waals surface area contributed by atoms with Crippen LogP contribution in [0.2, 0.25) is 0 Å². The number of aliphatic hydroxyl groups is 1. The lowest BCUT2D eigenvalue weighted by Crippen LogP contribution is -2.32. The van der Waals surface area contributed by atoms with Gasteiger partial charge in [-0.2, -0.15) is 13.2 Å². The van der Waals surface area contributed by atoms with Gasteiger partial charge in [-0.05, 0) is 31.0 Å². The van der Waals surface area contributed by atoms with E-state index in [1.54, 1.807) is 4.90 Å². The van der Waals surface area contributed by atoms with Gasteiger partial charge in [0.1, 0.15) is 0 Å². The smallest absolute Gasteiger partial charge is 0.409 e. The summed E-state index contributed by atoms with van der Waals surface area (Å²) in [6.45, 7) is 0.481. The monoisotopic (exact) mass is 303 g/mol. The van der Waals surface area contributed by atoms with Gasteiger partial charge in [0.2, 0.25) is 0 Å². The van der Waals surface area contributed by atoms with E-state index in [-0.39, 0.29) is 18.2 Å². The van der Waals surface area contributed by atoms with Crippen molar-refractivity contribution >= 4 is 11.5 Å². The van der Waals surface area contributed by atoms with Crippen LogP contribution >= 0.6 is 0 Å². The summed E-state index contributed by atoms with van der Waals surface area (Å²) < 4.78 is 39.4. The minimum absolute atomic E-state index is 0.108. The summed E-state index contributed by atoms with van der Waals surface area (Å²) in [7, 11) is 0. The summed E-state index contributed by atoms with van der Waals surface area (Å²) in [5.74, 6) is -0.589. The van der Waals surface area contributed by atoms with Crippen LogP contribution < -0.4 is 10.6 Å². The van der Waals surface area contributed by atoms with E-state index in [0.29, 0.717) is 12.2 Å². The average molecular weight is 303 g/mol. The molecule has 1 atom stereocenters. The normalized spacial score (nSPS) is 20.1. The SMILES string of the molecule is NC(=NO)c1ccc(N2CCCC2CO)cc1C(F)(F)F. The number of halogens is 3. The third-order valence-electron chi connectivity index (χ3n) is 3.61. The molecule has 1 aromatic rings. The molecule has 1 heterocycles. The van der Waals surface area contributed by atoms with Crippen LogP contribution in [0.5, 0.6) is 0 Å². The predicted octanol–water partition coefficient (Wildman–Crippen LogP) is 1.76. The van der Waals surface area contributed by atoms with Crippen LogP contribution in [0.3, 0.4) is 0 Å². The molecule has 1 fully saturated rings. The van der Waals surface area contributed by atoms with Crippen molar-refractivity contribution in [3.05, 3.63) is 29.3 Å². The highest BCUT2D eigenvalue weighted by molar-refractivity contribution is 5.99. The molecule has 2 rings (SSSR count). The van der Waals surface area contributed by atoms with Gasteiger partial charge in [-0.15, -0.1) is 0 Å². The first-order valence-corrected chi connectivity index (χ1v) is 6.45. The van der Waals surface area contributed by atoms with Crippen molar-refractivity contribution in [2.24, 2.45) is 10.9 Å². The number of hydrogen-bond donors (Lipinski definition) is 3. The topological polar surface area (TPSA) is 82.1 Å². The van der Waals surface area contributed by atoms with E-state index in [0.717, 1.165) is 18.9 Å². The maximum Gasteiger partial charge on any atom is 0.417 e. The molecule has 0 aliphatic carbocycles. The number of oxime groups is 1. The van der Waals surface area contributed by atoms with Crippen LogP contribution in [0.15, 0.2) is 23.4 Å². The molecule has 1 aliphatic heterocycles. The second-order valence-corrected chi connectivity index (χ2v) is 4.88. The highest BCUT2D eigenvalue weighted by Crippen LogP contribution is 2.36. The van der Waals surface area contributed by atoms with Crippen molar-refractivity contribution < 1.29 is 23.5 Å². The zero-order valence-corrected chi connectivity index (χ0v) is 11.1. The Morgan fingerprint density at radius 1 is 1.43 bits per heavy atom. The zero-order valence-electron chi connectivity index (χ0n) is 11.1. The van der Waals surface area contributed by atoms with E-state index >= 15 is 0 Å². The summed E-state index contributed by atoms with van der Waals surface area (Å²) in [5.41, 5.74) is 4.34. The first kappa shape index (κ1) is 15.4. The number of nitrogens with zero attached hydrogens (tertiary/aromatic N) is 2. The summed E-state index contributed by atoms with van der Waals surface area (Å²) in [6.07, 6.45) is -3.07. The molecule has 116 valence electrons. The van der Waals surface area contributed by atoms with Crippen LogP contribution in [0.4, 0.5) is 18.9 Å². The fraction of sp³-hybridized carbons (Fsp3) is 0.462. The van der Waals surface area contributed by atoms with Crippen LogP contribution in [-0.2, 0) is 6.18 Å². The molecular weight excluding hydrogens is 287 g/mol. The first-order valence-electron chi connectivity index (χ1n) is 6.45. The number of amidine groups is 1. The van der Waals surface area contributed by atoms with Gasteiger partial charge < -0.3 is 20.9 Å². The molecule has 0 saturated carbocycles. The highest BCUT2D eigenvalue weighted by Gasteiger charge is 2.36. The molecule has 21 heavy (non-hydrogen) atoms. The Hall–Kier alpha value is -1.96. The van der Waals surface area contributed by atoms with E-state index in [2.05, 4.69) is 5.16 Å². The van der Waals surface area contributed by atoms with Gasteiger partial charge in [0.15, 0.2) is 5.84 Å². The molecule has 5 nitrogen and oxygen atoms in total. The molecule has 0 bridgehead atoms. The number of rotatable bonds is 3. The fourth-order valence-electron chi connectivity index (χ4n) is 2.59. The molecule has 1 aromatic carbocycles. The molecule has 1 saturated heterocycles. The van der Waals surface area contributed by atoms with E-state index in [1.807, 2.05) is 0 Å². The van der Waals surface area contributed by atoms with E-state index in [4.69, 9.17) is 10.9 Å². The van der Waals surface area contributed by atoms with Gasteiger partial charge in [0.05, 0.1) is 18.2 Å². The Kier molecular flexibility index (Phi) is 4.26. The van der Waals surface area contributed by atoms with Crippen molar-refractivity contribution in [1.29, 1.82) is 0 Å². The van der Waals surface area contributed by atoms with Gasteiger partial charge in [-0.3, -0.25) is 0 Å². The Bertz CT molecular complexity index is 546. The molecular formula is C13H16F3N3O2. The van der Waals surface area contributed by atoms with Gasteiger partial charge in [-0.25, -0.2) is 0 Å². The molecule has 1 unspecified atom stereocenters. The van der Waals surface area contributed by atoms with E-state index in [9.17, 15) is 18.3 Å². The zero-order chi connectivity index (χ0) is 15.6. The second-order valence-electron chi connectivity index (χ2n) is 4.88. The summed E-state index contributed by atoms with van der Waals surface area (Å²) >= 11 is 0. The van der Waals surface area contributed by atoms with Crippen molar-refractivity contribution in [2.75, 3.05) is 18.1 Å². The lowest BCUT2D eigenvalue weighted by atomic mass is 10.0. The second kappa shape index (κ2) is 5.80. The summed E-state index contributed by atoms with van der Waals surface area (Å²) in [4.78, 5) is 1.74. The van der Waals surface area contributed by atoms with Crippen molar-refractivity contribution in [3.8, 4) is 0 Å². The largest absolute Gasteiger partial charge is 0.417 e. The summed E-state index contributed by atoms with van der Waals surface area (Å²) in [5, 5.41) is 20.5. The van der Waals surface area contributed by atoms with E-state index < -0.39 is 17.6 Å². The standard InChI is InChI=1S/C13H16F3N3O2/c14-13(15,16)11-6-8(3-4-10(11)12(17)18-21)19-5-1-2-9(19)7-20/h3-4,6,9,20-21H,1-2,5,7H2,(H2,17,18). The Balaban J connectivity index is 2.47. The number of alkyl halides is 3. The van der Waals surface area contributed by atoms with Gasteiger partial charge >= 0.3 is 6.18 Å². The van der Waals surface area contributed by atoms with Gasteiger partial charge in [-0.1, -0.05) is 5.16 Å². The van der Waals surface area contributed by atoms with Gasteiger partial charge in [0, 0.05) is 17.8 Å². The van der Waals surface area contributed by atoms with Crippen molar-refractivity contribution in [3.63, 3.8) is 0 Å². The Labute approximate surface area is 119 Å². The molecule has 0 spiro atoms. The molecule has 0 aromatic heterocycles. The first-order chi connectivity index (χ1) is 9.88. The van der Waals surface area contributed by atoms with Crippen LogP contribution in [0.1, 0.15) is 24.0 Å². The average Bonchev–Trinajstić information content (AvgIpc) is 2.93. The third kappa shape index (κ3) is 3.05. The predicted molar refractivity (Wildman–Crippen MR) is 71.4 cm³/mol. The maximum atomic E-state index is 13.1. The minimum atomic E-state index is -4.62. The maximum absolute atomic E-state index is 13.1. The molecule has 4 N–H and O–H groups in total. The van der Waals surface area contributed by atoms with Gasteiger partial charge in [0.25, 0.3) is 0 Å². The lowest BCUT2D eigenvalue weighted by molar-refractivity contribution is -0.137. The van der Waals surface area contributed by atoms with Crippen molar-refractivity contribution in [2.45, 2.75) is 25.1 Å². The summed E-state index contributed by atoms with van der Waals surface area (Å²) in [6, 6.07) is 3.46. The number of anilines is 1.